The van der Waals surface area contributed by atoms with Crippen LogP contribution in [-0.4, -0.2) is 43.0 Å². The first-order valence-corrected chi connectivity index (χ1v) is 7.58. The van der Waals surface area contributed by atoms with E-state index in [1.165, 1.54) is 11.7 Å². The summed E-state index contributed by atoms with van der Waals surface area (Å²) >= 11 is 0. The highest BCUT2D eigenvalue weighted by Crippen LogP contribution is 2.32. The van der Waals surface area contributed by atoms with E-state index in [0.29, 0.717) is 19.0 Å². The molecule has 0 bridgehead atoms. The Morgan fingerprint density at radius 2 is 2.21 bits per heavy atom. The van der Waals surface area contributed by atoms with E-state index in [4.69, 9.17) is 14.6 Å². The molecule has 0 aromatic carbocycles. The summed E-state index contributed by atoms with van der Waals surface area (Å²) in [6.07, 6.45) is 1.59. The van der Waals surface area contributed by atoms with Crippen molar-refractivity contribution in [1.82, 2.24) is 14.8 Å². The molecule has 8 nitrogen and oxygen atoms in total. The first-order valence-electron chi connectivity index (χ1n) is 6.03. The molecule has 1 aromatic heterocycles. The van der Waals surface area contributed by atoms with Crippen LogP contribution < -0.4 is 5.14 Å². The van der Waals surface area contributed by atoms with Crippen LogP contribution in [-0.2, 0) is 26.0 Å². The molecule has 0 saturated carbocycles. The number of methoxy groups -OCH3 is 1. The van der Waals surface area contributed by atoms with Gasteiger partial charge in [0.2, 0.25) is 0 Å². The van der Waals surface area contributed by atoms with Crippen molar-refractivity contribution >= 4 is 10.0 Å². The Kier molecular flexibility index (Phi) is 4.19. The van der Waals surface area contributed by atoms with Gasteiger partial charge >= 0.3 is 0 Å². The second kappa shape index (κ2) is 5.53. The van der Waals surface area contributed by atoms with Gasteiger partial charge in [-0.3, -0.25) is 4.57 Å². The van der Waals surface area contributed by atoms with Crippen molar-refractivity contribution < 1.29 is 17.9 Å². The van der Waals surface area contributed by atoms with Crippen LogP contribution in [0.1, 0.15) is 31.7 Å². The Bertz CT molecular complexity index is 542. The van der Waals surface area contributed by atoms with E-state index in [1.807, 2.05) is 6.92 Å². The molecule has 9 heteroatoms. The van der Waals surface area contributed by atoms with Gasteiger partial charge in [-0.25, -0.2) is 13.6 Å². The number of primary sulfonamides is 1. The predicted molar refractivity (Wildman–Crippen MR) is 65.8 cm³/mol. The molecule has 0 amide bonds. The topological polar surface area (TPSA) is 109 Å². The van der Waals surface area contributed by atoms with Gasteiger partial charge in [0.05, 0.1) is 19.3 Å². The molecule has 2 atom stereocenters. The molecule has 1 saturated heterocycles. The van der Waals surface area contributed by atoms with E-state index in [-0.39, 0.29) is 17.4 Å². The number of hydrogen-bond donors (Lipinski definition) is 1. The smallest absolute Gasteiger partial charge is 0.273 e. The van der Waals surface area contributed by atoms with E-state index in [0.717, 1.165) is 12.8 Å². The Hall–Kier alpha value is -1.03. The van der Waals surface area contributed by atoms with Crippen LogP contribution in [0.2, 0.25) is 0 Å². The van der Waals surface area contributed by atoms with Crippen molar-refractivity contribution in [3.8, 4) is 0 Å². The number of nitrogens with zero attached hydrogens (tertiary/aromatic N) is 3. The van der Waals surface area contributed by atoms with Gasteiger partial charge in [0, 0.05) is 7.11 Å². The third kappa shape index (κ3) is 3.11. The Labute approximate surface area is 111 Å². The molecule has 1 aliphatic heterocycles. The van der Waals surface area contributed by atoms with Crippen LogP contribution >= 0.6 is 0 Å². The van der Waals surface area contributed by atoms with Crippen molar-refractivity contribution in [3.05, 3.63) is 5.82 Å². The zero-order valence-electron chi connectivity index (χ0n) is 10.9. The highest BCUT2D eigenvalue weighted by atomic mass is 32.2. The molecule has 0 radical (unpaired) electrons. The van der Waals surface area contributed by atoms with Crippen molar-refractivity contribution in [3.63, 3.8) is 0 Å². The minimum Gasteiger partial charge on any atom is -0.383 e. The van der Waals surface area contributed by atoms with E-state index < -0.39 is 10.0 Å². The van der Waals surface area contributed by atoms with E-state index >= 15 is 0 Å². The lowest BCUT2D eigenvalue weighted by Gasteiger charge is -2.13. The lowest BCUT2D eigenvalue weighted by Crippen LogP contribution is -2.21. The lowest BCUT2D eigenvalue weighted by atomic mass is 10.2. The molecule has 108 valence electrons. The number of rotatable bonds is 5. The first kappa shape index (κ1) is 14.4. The second-order valence-corrected chi connectivity index (χ2v) is 6.00. The fraction of sp³-hybridized carbons (Fsp3) is 0.800. The standard InChI is InChI=1S/C10H18N4O4S/c1-7-3-4-8(18-7)9-12-13-10(19(11,15)16)14(9)5-6-17-2/h7-8H,3-6H2,1-2H3,(H2,11,15,16). The number of hydrogen-bond acceptors (Lipinski definition) is 6. The number of ether oxygens (including phenoxy) is 2. The molecular weight excluding hydrogens is 272 g/mol. The molecule has 1 fully saturated rings. The van der Waals surface area contributed by atoms with Crippen LogP contribution in [0.4, 0.5) is 0 Å². The summed E-state index contributed by atoms with van der Waals surface area (Å²) in [7, 11) is -2.37. The summed E-state index contributed by atoms with van der Waals surface area (Å²) in [5.41, 5.74) is 0. The normalized spacial score (nSPS) is 23.9. The van der Waals surface area contributed by atoms with Crippen LogP contribution in [0.25, 0.3) is 0 Å². The molecule has 0 spiro atoms. The zero-order valence-corrected chi connectivity index (χ0v) is 11.8. The van der Waals surface area contributed by atoms with Gasteiger partial charge in [0.1, 0.15) is 6.10 Å². The van der Waals surface area contributed by atoms with Crippen LogP contribution in [0.15, 0.2) is 5.16 Å². The Morgan fingerprint density at radius 3 is 2.74 bits per heavy atom. The molecule has 19 heavy (non-hydrogen) atoms. The van der Waals surface area contributed by atoms with Crippen LogP contribution in [0.5, 0.6) is 0 Å². The van der Waals surface area contributed by atoms with Crippen molar-refractivity contribution in [2.75, 3.05) is 13.7 Å². The summed E-state index contributed by atoms with van der Waals surface area (Å²) < 4.78 is 35.1. The maximum absolute atomic E-state index is 11.5. The third-order valence-electron chi connectivity index (χ3n) is 3.04. The van der Waals surface area contributed by atoms with Gasteiger partial charge in [-0.15, -0.1) is 10.2 Å². The maximum Gasteiger partial charge on any atom is 0.273 e. The van der Waals surface area contributed by atoms with Crippen LogP contribution in [0, 0.1) is 0 Å². The molecule has 2 heterocycles. The number of aromatic nitrogens is 3. The quantitative estimate of drug-likeness (QED) is 0.805. The van der Waals surface area contributed by atoms with Gasteiger partial charge in [-0.2, -0.15) is 0 Å². The van der Waals surface area contributed by atoms with E-state index in [2.05, 4.69) is 10.2 Å². The Morgan fingerprint density at radius 1 is 1.47 bits per heavy atom. The molecule has 2 N–H and O–H groups in total. The minimum absolute atomic E-state index is 0.135. The largest absolute Gasteiger partial charge is 0.383 e. The summed E-state index contributed by atoms with van der Waals surface area (Å²) in [4.78, 5) is 0. The predicted octanol–water partition coefficient (Wildman–Crippen LogP) is -0.188. The van der Waals surface area contributed by atoms with Crippen LogP contribution in [0.3, 0.4) is 0 Å². The average Bonchev–Trinajstić information content (AvgIpc) is 2.91. The fourth-order valence-electron chi connectivity index (χ4n) is 2.13. The minimum atomic E-state index is -3.91. The maximum atomic E-state index is 11.5. The molecule has 1 aliphatic rings. The monoisotopic (exact) mass is 290 g/mol. The van der Waals surface area contributed by atoms with E-state index in [9.17, 15) is 8.42 Å². The summed E-state index contributed by atoms with van der Waals surface area (Å²) in [6, 6.07) is 0. The lowest BCUT2D eigenvalue weighted by molar-refractivity contribution is 0.0466. The number of sulfonamides is 1. The Balaban J connectivity index is 2.35. The van der Waals surface area contributed by atoms with E-state index in [1.54, 1.807) is 0 Å². The van der Waals surface area contributed by atoms with Gasteiger partial charge in [-0.05, 0) is 19.8 Å². The molecule has 1 aromatic rings. The van der Waals surface area contributed by atoms with Gasteiger partial charge < -0.3 is 9.47 Å². The number of nitrogens with two attached hydrogens (primary N) is 1. The molecule has 2 rings (SSSR count). The second-order valence-electron chi connectivity index (χ2n) is 4.54. The fourth-order valence-corrected chi connectivity index (χ4v) is 2.78. The summed E-state index contributed by atoms with van der Waals surface area (Å²) in [6.45, 7) is 2.63. The van der Waals surface area contributed by atoms with Crippen molar-refractivity contribution in [2.45, 2.75) is 43.7 Å². The van der Waals surface area contributed by atoms with Gasteiger partial charge in [0.15, 0.2) is 5.82 Å². The summed E-state index contributed by atoms with van der Waals surface area (Å²) in [5.74, 6) is 0.491. The van der Waals surface area contributed by atoms with Crippen molar-refractivity contribution in [1.29, 1.82) is 0 Å². The van der Waals surface area contributed by atoms with Crippen molar-refractivity contribution in [2.24, 2.45) is 5.14 Å². The SMILES string of the molecule is COCCn1c(C2CCC(C)O2)nnc1S(N)(=O)=O. The average molecular weight is 290 g/mol. The van der Waals surface area contributed by atoms with Gasteiger partial charge in [0.25, 0.3) is 15.2 Å². The molecule has 0 aliphatic carbocycles. The highest BCUT2D eigenvalue weighted by Gasteiger charge is 2.31. The third-order valence-corrected chi connectivity index (χ3v) is 3.85. The van der Waals surface area contributed by atoms with Gasteiger partial charge in [-0.1, -0.05) is 0 Å². The first-order chi connectivity index (χ1) is 8.93. The molecular formula is C10H18N4O4S. The molecule has 2 unspecified atom stereocenters. The summed E-state index contributed by atoms with van der Waals surface area (Å²) in [5, 5.41) is 12.5. The zero-order chi connectivity index (χ0) is 14.0. The highest BCUT2D eigenvalue weighted by molar-refractivity contribution is 7.89.